The SMILES string of the molecule is O=c1c(NC2CCCCCC2)c(Cl)cnn1CC1CCC1. The molecule has 0 radical (unpaired) electrons. The third-order valence-electron chi connectivity index (χ3n) is 4.86. The molecule has 2 aliphatic carbocycles. The first kappa shape index (κ1) is 14.9. The molecule has 21 heavy (non-hydrogen) atoms. The van der Waals surface area contributed by atoms with E-state index in [1.165, 1.54) is 44.9 Å². The average Bonchev–Trinajstić information content (AvgIpc) is 2.69. The molecule has 4 nitrogen and oxygen atoms in total. The van der Waals surface area contributed by atoms with Gasteiger partial charge < -0.3 is 5.32 Å². The Morgan fingerprint density at radius 3 is 2.48 bits per heavy atom. The Morgan fingerprint density at radius 1 is 1.14 bits per heavy atom. The summed E-state index contributed by atoms with van der Waals surface area (Å²) in [7, 11) is 0. The molecule has 0 bridgehead atoms. The van der Waals surface area contributed by atoms with E-state index < -0.39 is 0 Å². The molecular formula is C16H24ClN3O. The van der Waals surface area contributed by atoms with Crippen molar-refractivity contribution in [3.63, 3.8) is 0 Å². The third kappa shape index (κ3) is 3.60. The number of nitrogens with zero attached hydrogens (tertiary/aromatic N) is 2. The molecule has 116 valence electrons. The van der Waals surface area contributed by atoms with E-state index in [0.29, 0.717) is 22.7 Å². The minimum atomic E-state index is -0.0568. The van der Waals surface area contributed by atoms with Crippen molar-refractivity contribution in [3.8, 4) is 0 Å². The van der Waals surface area contributed by atoms with Crippen molar-refractivity contribution in [2.75, 3.05) is 5.32 Å². The van der Waals surface area contributed by atoms with E-state index in [4.69, 9.17) is 11.6 Å². The Bertz CT molecular complexity index is 531. The summed E-state index contributed by atoms with van der Waals surface area (Å²) < 4.78 is 1.59. The smallest absolute Gasteiger partial charge is 0.291 e. The predicted molar refractivity (Wildman–Crippen MR) is 86.0 cm³/mol. The number of anilines is 1. The third-order valence-corrected chi connectivity index (χ3v) is 5.14. The lowest BCUT2D eigenvalue weighted by atomic mass is 9.85. The topological polar surface area (TPSA) is 46.9 Å². The second kappa shape index (κ2) is 6.82. The second-order valence-electron chi connectivity index (χ2n) is 6.48. The second-order valence-corrected chi connectivity index (χ2v) is 6.89. The maximum absolute atomic E-state index is 12.6. The molecule has 2 aliphatic rings. The molecule has 0 aliphatic heterocycles. The Morgan fingerprint density at radius 2 is 1.86 bits per heavy atom. The minimum Gasteiger partial charge on any atom is -0.377 e. The fourth-order valence-electron chi connectivity index (χ4n) is 3.28. The zero-order valence-corrected chi connectivity index (χ0v) is 13.2. The molecule has 0 atom stereocenters. The summed E-state index contributed by atoms with van der Waals surface area (Å²) in [5, 5.41) is 8.06. The van der Waals surface area contributed by atoms with Crippen molar-refractivity contribution in [2.45, 2.75) is 70.4 Å². The van der Waals surface area contributed by atoms with Gasteiger partial charge in [0, 0.05) is 12.6 Å². The Kier molecular flexibility index (Phi) is 4.84. The number of halogens is 1. The van der Waals surface area contributed by atoms with Gasteiger partial charge in [-0.15, -0.1) is 0 Å². The average molecular weight is 310 g/mol. The zero-order valence-electron chi connectivity index (χ0n) is 12.5. The molecule has 1 N–H and O–H groups in total. The van der Waals surface area contributed by atoms with Gasteiger partial charge in [-0.25, -0.2) is 4.68 Å². The van der Waals surface area contributed by atoms with Crippen LogP contribution in [0.3, 0.4) is 0 Å². The van der Waals surface area contributed by atoms with E-state index in [1.54, 1.807) is 10.9 Å². The van der Waals surface area contributed by atoms with Gasteiger partial charge in [0.2, 0.25) is 0 Å². The van der Waals surface area contributed by atoms with Crippen LogP contribution in [0.25, 0.3) is 0 Å². The standard InChI is InChI=1S/C16H24ClN3O/c17-14-10-18-20(11-12-6-5-7-12)16(21)15(14)19-13-8-3-1-2-4-9-13/h10,12-13,19H,1-9,11H2. The molecule has 0 saturated heterocycles. The van der Waals surface area contributed by atoms with E-state index in [0.717, 1.165) is 19.4 Å². The summed E-state index contributed by atoms with van der Waals surface area (Å²) in [6.07, 6.45) is 12.6. The molecule has 0 aromatic carbocycles. The van der Waals surface area contributed by atoms with Crippen molar-refractivity contribution in [2.24, 2.45) is 5.92 Å². The first-order chi connectivity index (χ1) is 10.2. The maximum Gasteiger partial charge on any atom is 0.291 e. The summed E-state index contributed by atoms with van der Waals surface area (Å²) in [6.45, 7) is 0.731. The summed E-state index contributed by atoms with van der Waals surface area (Å²) >= 11 is 6.21. The van der Waals surface area contributed by atoms with Gasteiger partial charge in [-0.2, -0.15) is 5.10 Å². The highest BCUT2D eigenvalue weighted by Gasteiger charge is 2.21. The van der Waals surface area contributed by atoms with Gasteiger partial charge in [0.15, 0.2) is 0 Å². The van der Waals surface area contributed by atoms with E-state index in [9.17, 15) is 4.79 Å². The number of aromatic nitrogens is 2. The van der Waals surface area contributed by atoms with E-state index in [1.807, 2.05) is 0 Å². The predicted octanol–water partition coefficient (Wildman–Crippen LogP) is 3.83. The highest BCUT2D eigenvalue weighted by molar-refractivity contribution is 6.33. The molecular weight excluding hydrogens is 286 g/mol. The van der Waals surface area contributed by atoms with Crippen LogP contribution in [0.4, 0.5) is 5.69 Å². The van der Waals surface area contributed by atoms with E-state index in [2.05, 4.69) is 10.4 Å². The van der Waals surface area contributed by atoms with E-state index in [-0.39, 0.29) is 5.56 Å². The molecule has 3 rings (SSSR count). The molecule has 1 aromatic rings. The normalized spacial score (nSPS) is 20.8. The number of hydrogen-bond acceptors (Lipinski definition) is 3. The molecule has 5 heteroatoms. The quantitative estimate of drug-likeness (QED) is 0.860. The van der Waals surface area contributed by atoms with Gasteiger partial charge in [-0.05, 0) is 31.6 Å². The molecule has 2 saturated carbocycles. The van der Waals surface area contributed by atoms with Crippen LogP contribution in [0, 0.1) is 5.92 Å². The van der Waals surface area contributed by atoms with Crippen LogP contribution in [0.2, 0.25) is 5.02 Å². The highest BCUT2D eigenvalue weighted by atomic mass is 35.5. The summed E-state index contributed by atoms with van der Waals surface area (Å²) in [4.78, 5) is 12.6. The van der Waals surface area contributed by atoms with Crippen molar-refractivity contribution >= 4 is 17.3 Å². The van der Waals surface area contributed by atoms with Gasteiger partial charge >= 0.3 is 0 Å². The Labute approximate surface area is 130 Å². The fourth-order valence-corrected chi connectivity index (χ4v) is 3.46. The summed E-state index contributed by atoms with van der Waals surface area (Å²) in [6, 6.07) is 0.372. The van der Waals surface area contributed by atoms with Gasteiger partial charge in [-0.3, -0.25) is 4.79 Å². The van der Waals surface area contributed by atoms with Crippen LogP contribution in [-0.2, 0) is 6.54 Å². The lowest BCUT2D eigenvalue weighted by molar-refractivity contribution is 0.262. The van der Waals surface area contributed by atoms with Gasteiger partial charge in [-0.1, -0.05) is 43.7 Å². The molecule has 1 heterocycles. The monoisotopic (exact) mass is 309 g/mol. The van der Waals surface area contributed by atoms with Gasteiger partial charge in [0.25, 0.3) is 5.56 Å². The summed E-state index contributed by atoms with van der Waals surface area (Å²) in [5.74, 6) is 0.613. The van der Waals surface area contributed by atoms with Gasteiger partial charge in [0.1, 0.15) is 5.69 Å². The number of rotatable bonds is 4. The molecule has 0 amide bonds. The van der Waals surface area contributed by atoms with Crippen LogP contribution in [-0.4, -0.2) is 15.8 Å². The van der Waals surface area contributed by atoms with Crippen LogP contribution in [0.15, 0.2) is 11.0 Å². The van der Waals surface area contributed by atoms with Crippen LogP contribution in [0.1, 0.15) is 57.8 Å². The first-order valence-corrected chi connectivity index (χ1v) is 8.64. The lowest BCUT2D eigenvalue weighted by Gasteiger charge is -2.26. The zero-order chi connectivity index (χ0) is 14.7. The molecule has 1 aromatic heterocycles. The van der Waals surface area contributed by atoms with Crippen molar-refractivity contribution in [3.05, 3.63) is 21.6 Å². The van der Waals surface area contributed by atoms with Crippen molar-refractivity contribution < 1.29 is 0 Å². The largest absolute Gasteiger partial charge is 0.377 e. The van der Waals surface area contributed by atoms with Gasteiger partial charge in [0.05, 0.1) is 11.2 Å². The van der Waals surface area contributed by atoms with Crippen LogP contribution < -0.4 is 10.9 Å². The summed E-state index contributed by atoms with van der Waals surface area (Å²) in [5.41, 5.74) is 0.497. The van der Waals surface area contributed by atoms with Crippen molar-refractivity contribution in [1.82, 2.24) is 9.78 Å². The molecule has 0 spiro atoms. The minimum absolute atomic E-state index is 0.0568. The Hall–Kier alpha value is -1.03. The maximum atomic E-state index is 12.6. The Balaban J connectivity index is 1.75. The number of nitrogens with one attached hydrogen (secondary N) is 1. The van der Waals surface area contributed by atoms with E-state index >= 15 is 0 Å². The van der Waals surface area contributed by atoms with Crippen molar-refractivity contribution in [1.29, 1.82) is 0 Å². The first-order valence-electron chi connectivity index (χ1n) is 8.26. The fraction of sp³-hybridized carbons (Fsp3) is 0.750. The van der Waals surface area contributed by atoms with Crippen LogP contribution >= 0.6 is 11.6 Å². The highest BCUT2D eigenvalue weighted by Crippen LogP contribution is 2.28. The number of hydrogen-bond donors (Lipinski definition) is 1. The molecule has 0 unspecified atom stereocenters. The molecule has 2 fully saturated rings. The lowest BCUT2D eigenvalue weighted by Crippen LogP contribution is -2.32. The van der Waals surface area contributed by atoms with Crippen LogP contribution in [0.5, 0.6) is 0 Å².